The minimum atomic E-state index is -1.000. The summed E-state index contributed by atoms with van der Waals surface area (Å²) in [5, 5.41) is 0. The van der Waals surface area contributed by atoms with E-state index in [-0.39, 0.29) is 23.5 Å². The zero-order valence-corrected chi connectivity index (χ0v) is 11.6. The monoisotopic (exact) mass is 310 g/mol. The van der Waals surface area contributed by atoms with Crippen LogP contribution >= 0.6 is 23.2 Å². The van der Waals surface area contributed by atoms with E-state index >= 15 is 0 Å². The number of benzene rings is 1. The second-order valence-electron chi connectivity index (χ2n) is 3.32. The Morgan fingerprint density at radius 1 is 1.26 bits per heavy atom. The molecule has 0 saturated carbocycles. The normalized spacial score (nSPS) is 10.0. The van der Waals surface area contributed by atoms with Crippen molar-refractivity contribution in [3.05, 3.63) is 33.8 Å². The third-order valence-electron chi connectivity index (χ3n) is 2.18. The molecule has 19 heavy (non-hydrogen) atoms. The molecule has 0 heterocycles. The van der Waals surface area contributed by atoms with Crippen LogP contribution in [0.1, 0.15) is 12.5 Å². The Morgan fingerprint density at radius 3 is 2.37 bits per heavy atom. The van der Waals surface area contributed by atoms with Gasteiger partial charge in [0.15, 0.2) is 11.6 Å². The average molecular weight is 311 g/mol. The molecule has 0 amide bonds. The molecule has 0 fully saturated rings. The lowest BCUT2D eigenvalue weighted by Crippen LogP contribution is -2.09. The number of halogens is 4. The predicted octanol–water partition coefficient (Wildman–Crippen LogP) is 3.68. The maximum Gasteiger partial charge on any atom is 0.341 e. The fraction of sp³-hybridized carbons (Fsp3) is 0.250. The van der Waals surface area contributed by atoms with Crippen LogP contribution in [0.4, 0.5) is 8.78 Å². The Labute approximate surface area is 118 Å². The van der Waals surface area contributed by atoms with Crippen molar-refractivity contribution in [2.45, 2.75) is 6.92 Å². The number of esters is 1. The van der Waals surface area contributed by atoms with Gasteiger partial charge >= 0.3 is 5.97 Å². The van der Waals surface area contributed by atoms with Crippen molar-refractivity contribution in [1.29, 1.82) is 0 Å². The Kier molecular flexibility index (Phi) is 5.57. The lowest BCUT2D eigenvalue weighted by atomic mass is 10.1. The van der Waals surface area contributed by atoms with Crippen LogP contribution in [0.5, 0.6) is 5.75 Å². The number of hydrogen-bond acceptors (Lipinski definition) is 3. The van der Waals surface area contributed by atoms with Crippen LogP contribution in [-0.2, 0) is 9.53 Å². The lowest BCUT2D eigenvalue weighted by molar-refractivity contribution is -0.136. The Morgan fingerprint density at radius 2 is 1.89 bits per heavy atom. The van der Waals surface area contributed by atoms with Crippen molar-refractivity contribution in [1.82, 2.24) is 0 Å². The molecular weight excluding hydrogens is 301 g/mol. The Hall–Kier alpha value is -1.33. The van der Waals surface area contributed by atoms with Crippen LogP contribution < -0.4 is 4.74 Å². The lowest BCUT2D eigenvalue weighted by Gasteiger charge is -2.10. The summed E-state index contributed by atoms with van der Waals surface area (Å²) in [4.78, 5) is 11.7. The van der Waals surface area contributed by atoms with Crippen LogP contribution in [0.3, 0.4) is 0 Å². The first-order chi connectivity index (χ1) is 8.92. The first-order valence-electron chi connectivity index (χ1n) is 5.18. The van der Waals surface area contributed by atoms with Gasteiger partial charge in [0.25, 0.3) is 0 Å². The molecule has 0 spiro atoms. The summed E-state index contributed by atoms with van der Waals surface area (Å²) in [6.07, 6.45) is 0. The van der Waals surface area contributed by atoms with Crippen molar-refractivity contribution < 1.29 is 23.0 Å². The van der Waals surface area contributed by atoms with Crippen LogP contribution in [0.25, 0.3) is 5.57 Å². The van der Waals surface area contributed by atoms with Gasteiger partial charge in [-0.2, -0.15) is 0 Å². The molecule has 0 aliphatic heterocycles. The highest BCUT2D eigenvalue weighted by Gasteiger charge is 2.23. The van der Waals surface area contributed by atoms with Crippen molar-refractivity contribution in [3.63, 3.8) is 0 Å². The van der Waals surface area contributed by atoms with Crippen molar-refractivity contribution in [2.24, 2.45) is 0 Å². The summed E-state index contributed by atoms with van der Waals surface area (Å²) in [5.74, 6) is -3.05. The molecule has 1 aromatic rings. The van der Waals surface area contributed by atoms with Gasteiger partial charge in [-0.25, -0.2) is 13.6 Å². The van der Waals surface area contributed by atoms with Crippen LogP contribution in [-0.4, -0.2) is 19.7 Å². The van der Waals surface area contributed by atoms with E-state index in [9.17, 15) is 13.6 Å². The van der Waals surface area contributed by atoms with E-state index in [2.05, 4.69) is 0 Å². The summed E-state index contributed by atoms with van der Waals surface area (Å²) in [6, 6.07) is 1.56. The van der Waals surface area contributed by atoms with E-state index in [1.165, 1.54) is 7.11 Å². The Balaban J connectivity index is 3.40. The summed E-state index contributed by atoms with van der Waals surface area (Å²) in [6.45, 7) is 1.63. The highest BCUT2D eigenvalue weighted by molar-refractivity contribution is 6.61. The van der Waals surface area contributed by atoms with E-state index in [1.54, 1.807) is 6.92 Å². The van der Waals surface area contributed by atoms with Gasteiger partial charge in [0.2, 0.25) is 0 Å². The molecule has 0 aromatic heterocycles. The third kappa shape index (κ3) is 3.58. The van der Waals surface area contributed by atoms with Crippen molar-refractivity contribution >= 4 is 34.7 Å². The molecule has 0 bridgehead atoms. The quantitative estimate of drug-likeness (QED) is 0.628. The molecular formula is C12H10Cl2F2O3. The standard InChI is InChI=1S/C12H10Cl2F2O3/c1-3-19-12(17)10(11(13)14)6-4-9(18-2)8(16)5-7(6)15/h4-5H,3H2,1-2H3. The van der Waals surface area contributed by atoms with E-state index in [4.69, 9.17) is 32.7 Å². The van der Waals surface area contributed by atoms with Gasteiger partial charge in [-0.3, -0.25) is 0 Å². The predicted molar refractivity (Wildman–Crippen MR) is 68.2 cm³/mol. The molecule has 7 heteroatoms. The average Bonchev–Trinajstić information content (AvgIpc) is 2.32. The van der Waals surface area contributed by atoms with Crippen LogP contribution in [0.15, 0.2) is 16.6 Å². The molecule has 0 unspecified atom stereocenters. The zero-order chi connectivity index (χ0) is 14.6. The van der Waals surface area contributed by atoms with Crippen molar-refractivity contribution in [3.8, 4) is 5.75 Å². The van der Waals surface area contributed by atoms with Gasteiger partial charge < -0.3 is 9.47 Å². The molecule has 0 radical (unpaired) electrons. The second kappa shape index (κ2) is 6.73. The number of hydrogen-bond donors (Lipinski definition) is 0. The molecule has 0 aliphatic carbocycles. The van der Waals surface area contributed by atoms with Gasteiger partial charge in [-0.05, 0) is 13.0 Å². The summed E-state index contributed by atoms with van der Waals surface area (Å²) >= 11 is 11.1. The Bertz CT molecular complexity index is 526. The summed E-state index contributed by atoms with van der Waals surface area (Å²) in [7, 11) is 1.20. The van der Waals surface area contributed by atoms with Gasteiger partial charge in [-0.1, -0.05) is 23.2 Å². The topological polar surface area (TPSA) is 35.5 Å². The number of ether oxygens (including phenoxy) is 2. The van der Waals surface area contributed by atoms with Gasteiger partial charge in [0.1, 0.15) is 15.9 Å². The molecule has 104 valence electrons. The van der Waals surface area contributed by atoms with Gasteiger partial charge in [-0.15, -0.1) is 0 Å². The zero-order valence-electron chi connectivity index (χ0n) is 10.1. The maximum absolute atomic E-state index is 13.7. The third-order valence-corrected chi connectivity index (χ3v) is 2.56. The number of rotatable bonds is 4. The second-order valence-corrected chi connectivity index (χ2v) is 4.27. The highest BCUT2D eigenvalue weighted by Crippen LogP contribution is 2.31. The number of carbonyl (C=O) groups excluding carboxylic acids is 1. The maximum atomic E-state index is 13.7. The minimum Gasteiger partial charge on any atom is -0.494 e. The highest BCUT2D eigenvalue weighted by atomic mass is 35.5. The van der Waals surface area contributed by atoms with Crippen LogP contribution in [0, 0.1) is 11.6 Å². The van der Waals surface area contributed by atoms with Crippen LogP contribution in [0.2, 0.25) is 0 Å². The van der Waals surface area contributed by atoms with Crippen molar-refractivity contribution in [2.75, 3.05) is 13.7 Å². The molecule has 0 saturated heterocycles. The summed E-state index contributed by atoms with van der Waals surface area (Å²) < 4.78 is 35.9. The molecule has 0 N–H and O–H groups in total. The fourth-order valence-corrected chi connectivity index (χ4v) is 1.73. The van der Waals surface area contributed by atoms with Gasteiger partial charge in [0.05, 0.1) is 13.7 Å². The molecule has 1 rings (SSSR count). The number of methoxy groups -OCH3 is 1. The molecule has 1 aromatic carbocycles. The minimum absolute atomic E-state index is 0.0589. The van der Waals surface area contributed by atoms with E-state index in [1.807, 2.05) is 0 Å². The SMILES string of the molecule is CCOC(=O)C(=C(Cl)Cl)c1cc(OC)c(F)cc1F. The smallest absolute Gasteiger partial charge is 0.341 e. The largest absolute Gasteiger partial charge is 0.494 e. The fourth-order valence-electron chi connectivity index (χ4n) is 1.37. The summed E-state index contributed by atoms with van der Waals surface area (Å²) in [5.41, 5.74) is -0.683. The first kappa shape index (κ1) is 15.7. The molecule has 3 nitrogen and oxygen atoms in total. The first-order valence-corrected chi connectivity index (χ1v) is 5.93. The van der Waals surface area contributed by atoms with E-state index in [0.717, 1.165) is 6.07 Å². The molecule has 0 atom stereocenters. The van der Waals surface area contributed by atoms with E-state index < -0.39 is 22.1 Å². The van der Waals surface area contributed by atoms with E-state index in [0.29, 0.717) is 6.07 Å². The van der Waals surface area contributed by atoms with Gasteiger partial charge in [0, 0.05) is 11.6 Å². The number of carbonyl (C=O) groups is 1. The molecule has 0 aliphatic rings.